The second kappa shape index (κ2) is 5.71. The van der Waals surface area contributed by atoms with E-state index in [0.29, 0.717) is 11.3 Å². The summed E-state index contributed by atoms with van der Waals surface area (Å²) in [5.41, 5.74) is 1.25. The first kappa shape index (κ1) is 15.3. The van der Waals surface area contributed by atoms with Crippen LogP contribution >= 0.6 is 0 Å². The van der Waals surface area contributed by atoms with Crippen LogP contribution in [0.25, 0.3) is 0 Å². The first-order valence-electron chi connectivity index (χ1n) is 6.27. The molecule has 1 amide bonds. The van der Waals surface area contributed by atoms with E-state index >= 15 is 0 Å². The van der Waals surface area contributed by atoms with Gasteiger partial charge in [-0.2, -0.15) is 0 Å². The quantitative estimate of drug-likeness (QED) is 0.897. The number of hydrogen-bond donors (Lipinski definition) is 2. The van der Waals surface area contributed by atoms with Crippen molar-refractivity contribution in [2.45, 2.75) is 24.8 Å². The Kier molecular flexibility index (Phi) is 4.15. The average Bonchev–Trinajstić information content (AvgIpc) is 2.84. The van der Waals surface area contributed by atoms with Gasteiger partial charge in [0.15, 0.2) is 0 Å². The maximum absolute atomic E-state index is 12.0. The zero-order chi connectivity index (χ0) is 15.6. The van der Waals surface area contributed by atoms with Crippen LogP contribution < -0.4 is 10.5 Å². The summed E-state index contributed by atoms with van der Waals surface area (Å²) in [5.74, 6) is 0.300. The molecule has 6 nitrogen and oxygen atoms in total. The highest BCUT2D eigenvalue weighted by molar-refractivity contribution is 7.89. The number of primary sulfonamides is 1. The number of nitrogens with one attached hydrogen (secondary N) is 1. The van der Waals surface area contributed by atoms with Crippen LogP contribution in [0, 0.1) is 6.92 Å². The maximum Gasteiger partial charge on any atom is 0.255 e. The van der Waals surface area contributed by atoms with Gasteiger partial charge in [0.2, 0.25) is 10.0 Å². The fourth-order valence-electron chi connectivity index (χ4n) is 1.92. The Hall–Kier alpha value is -2.12. The van der Waals surface area contributed by atoms with Gasteiger partial charge < -0.3 is 9.73 Å². The van der Waals surface area contributed by atoms with Crippen molar-refractivity contribution >= 4 is 15.9 Å². The fraction of sp³-hybridized carbons (Fsp3) is 0.214. The molecule has 0 bridgehead atoms. The molecule has 7 heteroatoms. The van der Waals surface area contributed by atoms with Crippen molar-refractivity contribution in [1.82, 2.24) is 5.32 Å². The summed E-state index contributed by atoms with van der Waals surface area (Å²) in [6.45, 7) is 3.51. The molecule has 0 aliphatic carbocycles. The van der Waals surface area contributed by atoms with Gasteiger partial charge in [0.05, 0.1) is 22.8 Å². The number of sulfonamides is 1. The van der Waals surface area contributed by atoms with E-state index in [-0.39, 0.29) is 16.8 Å². The number of carbonyl (C=O) groups excluding carboxylic acids is 1. The summed E-state index contributed by atoms with van der Waals surface area (Å²) < 4.78 is 27.4. The lowest BCUT2D eigenvalue weighted by Gasteiger charge is -2.14. The molecule has 2 aromatic rings. The highest BCUT2D eigenvalue weighted by Gasteiger charge is 2.15. The molecular weight excluding hydrogens is 292 g/mol. The summed E-state index contributed by atoms with van der Waals surface area (Å²) in [6, 6.07) is 7.38. The molecular formula is C14H16N2O4S. The van der Waals surface area contributed by atoms with Crippen LogP contribution in [0.1, 0.15) is 34.6 Å². The van der Waals surface area contributed by atoms with Crippen LogP contribution in [0.2, 0.25) is 0 Å². The first-order valence-corrected chi connectivity index (χ1v) is 7.81. The number of aryl methyl sites for hydroxylation is 1. The minimum atomic E-state index is -3.71. The molecule has 0 fully saturated rings. The van der Waals surface area contributed by atoms with E-state index in [0.717, 1.165) is 5.56 Å². The Balaban J connectivity index is 2.12. The van der Waals surface area contributed by atoms with Crippen LogP contribution in [-0.2, 0) is 10.0 Å². The first-order chi connectivity index (χ1) is 9.79. The van der Waals surface area contributed by atoms with Gasteiger partial charge in [0.1, 0.15) is 5.76 Å². The Bertz CT molecular complexity index is 748. The molecule has 0 radical (unpaired) electrons. The van der Waals surface area contributed by atoms with Crippen molar-refractivity contribution in [1.29, 1.82) is 0 Å². The minimum absolute atomic E-state index is 0.0375. The maximum atomic E-state index is 12.0. The van der Waals surface area contributed by atoms with Crippen molar-refractivity contribution in [3.05, 3.63) is 53.5 Å². The van der Waals surface area contributed by atoms with Crippen LogP contribution in [0.3, 0.4) is 0 Å². The predicted molar refractivity (Wildman–Crippen MR) is 77.1 cm³/mol. The van der Waals surface area contributed by atoms with Crippen molar-refractivity contribution in [2.75, 3.05) is 0 Å². The largest absolute Gasteiger partial charge is 0.469 e. The topological polar surface area (TPSA) is 102 Å². The Morgan fingerprint density at radius 1 is 1.24 bits per heavy atom. The minimum Gasteiger partial charge on any atom is -0.469 e. The molecule has 1 aromatic carbocycles. The molecule has 0 saturated heterocycles. The zero-order valence-corrected chi connectivity index (χ0v) is 12.5. The number of benzene rings is 1. The molecule has 1 atom stereocenters. The molecule has 1 heterocycles. The number of amides is 1. The lowest BCUT2D eigenvalue weighted by molar-refractivity contribution is 0.0938. The Labute approximate surface area is 123 Å². The summed E-state index contributed by atoms with van der Waals surface area (Å²) in [7, 11) is -3.71. The lowest BCUT2D eigenvalue weighted by Crippen LogP contribution is -2.26. The van der Waals surface area contributed by atoms with E-state index < -0.39 is 10.0 Å². The molecule has 112 valence electrons. The smallest absolute Gasteiger partial charge is 0.255 e. The average molecular weight is 308 g/mol. The number of carbonyl (C=O) groups is 1. The Morgan fingerprint density at radius 2 is 1.86 bits per heavy atom. The predicted octanol–water partition coefficient (Wildman–Crippen LogP) is 1.73. The summed E-state index contributed by atoms with van der Waals surface area (Å²) in [5, 5.41) is 7.85. The van der Waals surface area contributed by atoms with Gasteiger partial charge in [-0.25, -0.2) is 13.6 Å². The molecule has 0 saturated carbocycles. The van der Waals surface area contributed by atoms with Crippen LogP contribution in [-0.4, -0.2) is 14.3 Å². The Morgan fingerprint density at radius 3 is 2.33 bits per heavy atom. The lowest BCUT2D eigenvalue weighted by atomic mass is 10.1. The molecule has 0 spiro atoms. The van der Waals surface area contributed by atoms with Crippen molar-refractivity contribution in [2.24, 2.45) is 5.14 Å². The normalized spacial score (nSPS) is 12.9. The van der Waals surface area contributed by atoms with E-state index in [1.165, 1.54) is 18.4 Å². The van der Waals surface area contributed by atoms with E-state index in [9.17, 15) is 13.2 Å². The molecule has 0 aliphatic heterocycles. The number of furan rings is 1. The van der Waals surface area contributed by atoms with Crippen molar-refractivity contribution in [3.8, 4) is 0 Å². The number of hydrogen-bond acceptors (Lipinski definition) is 4. The van der Waals surface area contributed by atoms with E-state index in [2.05, 4.69) is 5.32 Å². The molecule has 2 rings (SSSR count). The van der Waals surface area contributed by atoms with Gasteiger partial charge in [0.25, 0.3) is 5.91 Å². The van der Waals surface area contributed by atoms with Gasteiger partial charge >= 0.3 is 0 Å². The number of nitrogens with two attached hydrogens (primary N) is 1. The fourth-order valence-corrected chi connectivity index (χ4v) is 2.44. The van der Waals surface area contributed by atoms with Gasteiger partial charge in [-0.15, -0.1) is 0 Å². The van der Waals surface area contributed by atoms with E-state index in [4.69, 9.17) is 9.56 Å². The monoisotopic (exact) mass is 308 g/mol. The van der Waals surface area contributed by atoms with E-state index in [1.54, 1.807) is 32.0 Å². The van der Waals surface area contributed by atoms with Crippen LogP contribution in [0.5, 0.6) is 0 Å². The summed E-state index contributed by atoms with van der Waals surface area (Å²) >= 11 is 0. The third-order valence-electron chi connectivity index (χ3n) is 3.16. The molecule has 1 aromatic heterocycles. The highest BCUT2D eigenvalue weighted by atomic mass is 32.2. The third kappa shape index (κ3) is 3.50. The highest BCUT2D eigenvalue weighted by Crippen LogP contribution is 2.17. The summed E-state index contributed by atoms with van der Waals surface area (Å²) in [6.07, 6.45) is 1.45. The van der Waals surface area contributed by atoms with Gasteiger partial charge in [-0.05, 0) is 37.6 Å². The summed E-state index contributed by atoms with van der Waals surface area (Å²) in [4.78, 5) is 12.1. The number of rotatable bonds is 4. The molecule has 21 heavy (non-hydrogen) atoms. The van der Waals surface area contributed by atoms with Gasteiger partial charge in [-0.3, -0.25) is 4.79 Å². The SMILES string of the molecule is Cc1occc1C(=O)NC(C)c1ccc(S(N)(=O)=O)cc1. The van der Waals surface area contributed by atoms with Gasteiger partial charge in [-0.1, -0.05) is 12.1 Å². The standard InChI is InChI=1S/C14H16N2O4S/c1-9(16-14(17)13-7-8-20-10(13)2)11-3-5-12(6-4-11)21(15,18)19/h3-9H,1-2H3,(H,16,17)(H2,15,18,19). The van der Waals surface area contributed by atoms with Crippen LogP contribution in [0.4, 0.5) is 0 Å². The van der Waals surface area contributed by atoms with E-state index in [1.807, 2.05) is 0 Å². The molecule has 3 N–H and O–H groups in total. The van der Waals surface area contributed by atoms with Crippen LogP contribution in [0.15, 0.2) is 45.9 Å². The van der Waals surface area contributed by atoms with Crippen molar-refractivity contribution < 1.29 is 17.6 Å². The second-order valence-corrected chi connectivity index (χ2v) is 6.26. The third-order valence-corrected chi connectivity index (χ3v) is 4.09. The van der Waals surface area contributed by atoms with Crippen molar-refractivity contribution in [3.63, 3.8) is 0 Å². The molecule has 0 aliphatic rings. The molecule has 1 unspecified atom stereocenters. The van der Waals surface area contributed by atoms with Gasteiger partial charge in [0, 0.05) is 0 Å². The zero-order valence-electron chi connectivity index (χ0n) is 11.7. The second-order valence-electron chi connectivity index (χ2n) is 4.70.